The molecular formula is C13H23NO. The molecule has 1 aliphatic rings. The zero-order chi connectivity index (χ0) is 11.8. The quantitative estimate of drug-likeness (QED) is 0.714. The molecule has 0 aromatic rings. The van der Waals surface area contributed by atoms with Crippen molar-refractivity contribution in [2.24, 2.45) is 0 Å². The highest BCUT2D eigenvalue weighted by Crippen LogP contribution is 2.24. The first-order valence-electron chi connectivity index (χ1n) is 5.60. The number of piperidine rings is 1. The summed E-state index contributed by atoms with van der Waals surface area (Å²) in [6.07, 6.45) is 4.89. The van der Waals surface area contributed by atoms with Gasteiger partial charge in [-0.15, -0.1) is 0 Å². The highest BCUT2D eigenvalue weighted by molar-refractivity contribution is 5.40. The molecule has 0 atom stereocenters. The summed E-state index contributed by atoms with van der Waals surface area (Å²) in [7, 11) is 0. The summed E-state index contributed by atoms with van der Waals surface area (Å²) in [5.74, 6) is 0. The molecule has 0 saturated carbocycles. The molecule has 1 fully saturated rings. The van der Waals surface area contributed by atoms with Crippen LogP contribution in [-0.4, -0.2) is 23.4 Å². The summed E-state index contributed by atoms with van der Waals surface area (Å²) in [6, 6.07) is 0. The Morgan fingerprint density at radius 1 is 1.47 bits per heavy atom. The van der Waals surface area contributed by atoms with Gasteiger partial charge in [0.25, 0.3) is 0 Å². The van der Waals surface area contributed by atoms with Crippen LogP contribution in [0.1, 0.15) is 34.1 Å². The maximum Gasteiger partial charge on any atom is 0.0494 e. The van der Waals surface area contributed by atoms with E-state index in [0.717, 1.165) is 18.5 Å². The summed E-state index contributed by atoms with van der Waals surface area (Å²) in [5, 5.41) is 10.7. The van der Waals surface area contributed by atoms with Crippen molar-refractivity contribution in [2.45, 2.75) is 34.1 Å². The smallest absolute Gasteiger partial charge is 0.0494 e. The Bertz CT molecular complexity index is 264. The fourth-order valence-corrected chi connectivity index (χ4v) is 1.58. The third-order valence-electron chi connectivity index (χ3n) is 2.50. The molecule has 0 aromatic carbocycles. The lowest BCUT2D eigenvalue weighted by atomic mass is 9.94. The van der Waals surface area contributed by atoms with Crippen molar-refractivity contribution in [3.8, 4) is 0 Å². The van der Waals surface area contributed by atoms with Crippen LogP contribution in [0, 0.1) is 0 Å². The molecule has 15 heavy (non-hydrogen) atoms. The average molecular weight is 209 g/mol. The molecule has 0 unspecified atom stereocenters. The average Bonchev–Trinajstić information content (AvgIpc) is 2.30. The molecule has 1 rings (SSSR count). The van der Waals surface area contributed by atoms with Crippen LogP contribution >= 0.6 is 0 Å². The standard InChI is InChI=1S/C11H17NO.C2H6/c1-4-9(3)11-8-12(13)7-6-10(11)5-2;1-2/h4-5,13H,1,6-8H2,2-3H3;1-2H3/b10-5-,11-9-;. The van der Waals surface area contributed by atoms with Crippen LogP contribution in [-0.2, 0) is 0 Å². The molecule has 0 spiro atoms. The van der Waals surface area contributed by atoms with Gasteiger partial charge in [-0.25, -0.2) is 0 Å². The summed E-state index contributed by atoms with van der Waals surface area (Å²) in [5.41, 5.74) is 3.71. The van der Waals surface area contributed by atoms with Gasteiger partial charge in [0.2, 0.25) is 0 Å². The Hall–Kier alpha value is -0.860. The molecular weight excluding hydrogens is 186 g/mol. The minimum absolute atomic E-state index is 0.623. The first-order valence-corrected chi connectivity index (χ1v) is 5.60. The molecule has 86 valence electrons. The zero-order valence-electron chi connectivity index (χ0n) is 10.4. The van der Waals surface area contributed by atoms with Crippen LogP contribution in [0.5, 0.6) is 0 Å². The first-order chi connectivity index (χ1) is 7.19. The van der Waals surface area contributed by atoms with E-state index in [1.54, 1.807) is 0 Å². The van der Waals surface area contributed by atoms with E-state index >= 15 is 0 Å². The van der Waals surface area contributed by atoms with Crippen LogP contribution in [0.15, 0.2) is 35.5 Å². The van der Waals surface area contributed by atoms with Crippen molar-refractivity contribution in [3.05, 3.63) is 35.5 Å². The Kier molecular flexibility index (Phi) is 7.01. The predicted molar refractivity (Wildman–Crippen MR) is 66.0 cm³/mol. The number of hydrogen-bond acceptors (Lipinski definition) is 2. The molecule has 0 bridgehead atoms. The molecule has 1 heterocycles. The fourth-order valence-electron chi connectivity index (χ4n) is 1.58. The second-order valence-electron chi connectivity index (χ2n) is 3.32. The summed E-state index contributed by atoms with van der Waals surface area (Å²) in [4.78, 5) is 0. The molecule has 1 N–H and O–H groups in total. The van der Waals surface area contributed by atoms with Gasteiger partial charge >= 0.3 is 0 Å². The summed E-state index contributed by atoms with van der Waals surface area (Å²) < 4.78 is 0. The van der Waals surface area contributed by atoms with Crippen LogP contribution in [0.4, 0.5) is 0 Å². The summed E-state index contributed by atoms with van der Waals surface area (Å²) >= 11 is 0. The fraction of sp³-hybridized carbons (Fsp3) is 0.538. The normalized spacial score (nSPS) is 23.1. The van der Waals surface area contributed by atoms with E-state index < -0.39 is 0 Å². The second-order valence-corrected chi connectivity index (χ2v) is 3.32. The highest BCUT2D eigenvalue weighted by atomic mass is 16.5. The van der Waals surface area contributed by atoms with Gasteiger partial charge in [0.1, 0.15) is 0 Å². The van der Waals surface area contributed by atoms with Gasteiger partial charge in [0, 0.05) is 13.1 Å². The molecule has 1 saturated heterocycles. The van der Waals surface area contributed by atoms with Crippen LogP contribution in [0.3, 0.4) is 0 Å². The van der Waals surface area contributed by atoms with Crippen LogP contribution < -0.4 is 0 Å². The highest BCUT2D eigenvalue weighted by Gasteiger charge is 2.17. The SMILES string of the molecule is C=C/C(C)=C1/CN(O)CC/C1=C/C.CC. The number of hydrogen-bond donors (Lipinski definition) is 1. The number of nitrogens with zero attached hydrogens (tertiary/aromatic N) is 1. The topological polar surface area (TPSA) is 23.5 Å². The third kappa shape index (κ3) is 4.02. The Morgan fingerprint density at radius 3 is 2.53 bits per heavy atom. The largest absolute Gasteiger partial charge is 0.314 e. The molecule has 0 radical (unpaired) electrons. The number of hydroxylamine groups is 2. The lowest BCUT2D eigenvalue weighted by molar-refractivity contribution is -0.0860. The zero-order valence-corrected chi connectivity index (χ0v) is 10.4. The van der Waals surface area contributed by atoms with E-state index in [1.807, 2.05) is 33.8 Å². The van der Waals surface area contributed by atoms with Crippen molar-refractivity contribution in [1.82, 2.24) is 5.06 Å². The van der Waals surface area contributed by atoms with Crippen molar-refractivity contribution >= 4 is 0 Å². The molecule has 2 nitrogen and oxygen atoms in total. The van der Waals surface area contributed by atoms with E-state index in [4.69, 9.17) is 0 Å². The number of rotatable bonds is 1. The van der Waals surface area contributed by atoms with Gasteiger partial charge < -0.3 is 5.21 Å². The second kappa shape index (κ2) is 7.43. The van der Waals surface area contributed by atoms with Crippen molar-refractivity contribution in [3.63, 3.8) is 0 Å². The Labute approximate surface area is 93.6 Å². The lowest BCUT2D eigenvalue weighted by Gasteiger charge is -2.26. The van der Waals surface area contributed by atoms with E-state index in [-0.39, 0.29) is 0 Å². The van der Waals surface area contributed by atoms with E-state index in [1.165, 1.54) is 16.2 Å². The van der Waals surface area contributed by atoms with Gasteiger partial charge in [-0.2, -0.15) is 5.06 Å². The van der Waals surface area contributed by atoms with Crippen LogP contribution in [0.2, 0.25) is 0 Å². The van der Waals surface area contributed by atoms with E-state index in [0.29, 0.717) is 6.54 Å². The third-order valence-corrected chi connectivity index (χ3v) is 2.50. The van der Waals surface area contributed by atoms with Crippen LogP contribution in [0.25, 0.3) is 0 Å². The molecule has 1 aliphatic heterocycles. The van der Waals surface area contributed by atoms with Gasteiger partial charge in [0.05, 0.1) is 0 Å². The van der Waals surface area contributed by atoms with Gasteiger partial charge in [-0.3, -0.25) is 0 Å². The van der Waals surface area contributed by atoms with E-state index in [9.17, 15) is 5.21 Å². The van der Waals surface area contributed by atoms with Crippen molar-refractivity contribution in [2.75, 3.05) is 13.1 Å². The minimum atomic E-state index is 0.623. The maximum atomic E-state index is 9.37. The molecule has 0 aliphatic carbocycles. The first kappa shape index (κ1) is 14.1. The number of allylic oxidation sites excluding steroid dienone is 3. The van der Waals surface area contributed by atoms with E-state index in [2.05, 4.69) is 12.7 Å². The maximum absolute atomic E-state index is 9.37. The van der Waals surface area contributed by atoms with Gasteiger partial charge in [0.15, 0.2) is 0 Å². The minimum Gasteiger partial charge on any atom is -0.314 e. The Morgan fingerprint density at radius 2 is 2.07 bits per heavy atom. The molecule has 0 aromatic heterocycles. The monoisotopic (exact) mass is 209 g/mol. The molecule has 2 heteroatoms. The lowest BCUT2D eigenvalue weighted by Crippen LogP contribution is -2.29. The summed E-state index contributed by atoms with van der Waals surface area (Å²) in [6.45, 7) is 13.2. The van der Waals surface area contributed by atoms with Crippen molar-refractivity contribution in [1.29, 1.82) is 0 Å². The predicted octanol–water partition coefficient (Wildman–Crippen LogP) is 3.56. The van der Waals surface area contributed by atoms with Gasteiger partial charge in [-0.05, 0) is 37.0 Å². The van der Waals surface area contributed by atoms with Crippen molar-refractivity contribution < 1.29 is 5.21 Å². The Balaban J connectivity index is 0.000000921. The van der Waals surface area contributed by atoms with Gasteiger partial charge in [-0.1, -0.05) is 32.6 Å². The molecule has 0 amide bonds.